The van der Waals surface area contributed by atoms with Gasteiger partial charge in [0.25, 0.3) is 0 Å². The van der Waals surface area contributed by atoms with Crippen LogP contribution < -0.4 is 9.80 Å². The molecule has 2 aromatic rings. The Morgan fingerprint density at radius 3 is 1.55 bits per heavy atom. The van der Waals surface area contributed by atoms with Crippen LogP contribution in [0.25, 0.3) is 0 Å². The minimum absolute atomic E-state index is 0.0896. The average molecular weight is 634 g/mol. The zero-order chi connectivity index (χ0) is 30.6. The highest BCUT2D eigenvalue weighted by Gasteiger charge is 2.81. The lowest BCUT2D eigenvalue weighted by Gasteiger charge is -2.59. The minimum atomic E-state index is -1.47. The van der Waals surface area contributed by atoms with Crippen LogP contribution in [0.5, 0.6) is 0 Å². The fraction of sp³-hybridized carbons (Fsp3) is 0.424. The number of allylic oxidation sites excluding steroid dienone is 1. The zero-order valence-corrected chi connectivity index (χ0v) is 26.3. The Hall–Kier alpha value is -3.59. The molecule has 2 unspecified atom stereocenters. The first-order valence-corrected chi connectivity index (χ1v) is 15.0. The van der Waals surface area contributed by atoms with Crippen molar-refractivity contribution in [1.82, 2.24) is 0 Å². The van der Waals surface area contributed by atoms with Crippen molar-refractivity contribution in [3.05, 3.63) is 69.8 Å². The molecule has 0 N–H and O–H groups in total. The van der Waals surface area contributed by atoms with Crippen molar-refractivity contribution in [2.24, 2.45) is 29.1 Å². The fourth-order valence-corrected chi connectivity index (χ4v) is 9.44. The molecule has 2 saturated heterocycles. The molecule has 8 nitrogen and oxygen atoms in total. The summed E-state index contributed by atoms with van der Waals surface area (Å²) < 4.78 is 4.03. The summed E-state index contributed by atoms with van der Waals surface area (Å²) in [7, 11) is 0. The van der Waals surface area contributed by atoms with E-state index in [1.165, 1.54) is 9.80 Å². The number of imide groups is 2. The first-order valence-electron chi connectivity index (χ1n) is 14.2. The molecular formula is C33H33BrN2O6. The first kappa shape index (κ1) is 28.5. The van der Waals surface area contributed by atoms with Crippen LogP contribution in [0.1, 0.15) is 43.0 Å². The van der Waals surface area contributed by atoms with Crippen LogP contribution in [0.3, 0.4) is 0 Å². The van der Waals surface area contributed by atoms with Gasteiger partial charge >= 0.3 is 5.97 Å². The number of hydrogen-bond acceptors (Lipinski definition) is 6. The summed E-state index contributed by atoms with van der Waals surface area (Å²) in [5, 5.41) is 0. The highest BCUT2D eigenvalue weighted by atomic mass is 79.9. The van der Waals surface area contributed by atoms with Crippen molar-refractivity contribution in [3.8, 4) is 0 Å². The second-order valence-electron chi connectivity index (χ2n) is 12.3. The Bertz CT molecular complexity index is 1580. The molecule has 218 valence electrons. The molecule has 2 bridgehead atoms. The van der Waals surface area contributed by atoms with Crippen molar-refractivity contribution in [2.45, 2.75) is 52.8 Å². The van der Waals surface area contributed by atoms with Gasteiger partial charge in [-0.3, -0.25) is 19.2 Å². The SMILES string of the molecule is CCOC(=O)C1=C(C)C2(Br)[C@H]3C(=O)N(c4ccc(C)cc4C)C(=O)[C@H]3C1(C)[C@H]1C(=O)N(c3ccc(C)cc3C)C(=O)[C@@H]12. The van der Waals surface area contributed by atoms with Crippen molar-refractivity contribution in [1.29, 1.82) is 0 Å². The van der Waals surface area contributed by atoms with E-state index < -0.39 is 63.0 Å². The Kier molecular flexibility index (Phi) is 6.25. The Morgan fingerprint density at radius 2 is 1.17 bits per heavy atom. The van der Waals surface area contributed by atoms with Crippen molar-refractivity contribution in [2.75, 3.05) is 16.4 Å². The third-order valence-corrected chi connectivity index (χ3v) is 11.5. The molecule has 2 aromatic carbocycles. The summed E-state index contributed by atoms with van der Waals surface area (Å²) in [5.74, 6) is -6.67. The van der Waals surface area contributed by atoms with Gasteiger partial charge in [0.1, 0.15) is 0 Å². The number of anilines is 2. The van der Waals surface area contributed by atoms with E-state index in [4.69, 9.17) is 4.74 Å². The number of aryl methyl sites for hydroxylation is 4. The van der Waals surface area contributed by atoms with Crippen LogP contribution in [0.2, 0.25) is 0 Å². The van der Waals surface area contributed by atoms with Crippen molar-refractivity contribution in [3.63, 3.8) is 0 Å². The van der Waals surface area contributed by atoms with Crippen LogP contribution >= 0.6 is 15.9 Å². The lowest BCUT2D eigenvalue weighted by atomic mass is 9.43. The number of benzene rings is 2. The molecule has 3 aliphatic carbocycles. The van der Waals surface area contributed by atoms with Gasteiger partial charge < -0.3 is 4.74 Å². The standard InChI is InChI=1S/C33H33BrN2O6/c1-8-42-31(41)22-19(6)33(34)25-23(27(37)35(29(25)39)20-11-9-15(2)13-17(20)4)32(22,7)24-26(33)30(40)36(28(24)38)21-12-10-16(3)14-18(21)5/h9-14,23-26H,8H2,1-7H3/t23-,24+,25-,26-,32?,33?/m1/s1. The third-order valence-electron chi connectivity index (χ3n) is 9.96. The topological polar surface area (TPSA) is 101 Å². The lowest BCUT2D eigenvalue weighted by molar-refractivity contribution is -0.152. The number of esters is 1. The number of amides is 4. The van der Waals surface area contributed by atoms with Crippen LogP contribution in [0, 0.1) is 56.8 Å². The van der Waals surface area contributed by atoms with Gasteiger partial charge in [-0.1, -0.05) is 58.2 Å². The van der Waals surface area contributed by atoms with Crippen LogP contribution in [0.4, 0.5) is 11.4 Å². The van der Waals surface area contributed by atoms with E-state index in [0.717, 1.165) is 22.3 Å². The van der Waals surface area contributed by atoms with Crippen molar-refractivity contribution >= 4 is 56.9 Å². The van der Waals surface area contributed by atoms with Crippen molar-refractivity contribution < 1.29 is 28.7 Å². The average Bonchev–Trinajstić information content (AvgIpc) is 3.34. The predicted octanol–water partition coefficient (Wildman–Crippen LogP) is 4.88. The number of nitrogens with zero attached hydrogens (tertiary/aromatic N) is 2. The summed E-state index contributed by atoms with van der Waals surface area (Å²) in [5.41, 5.74) is 3.56. The van der Waals surface area contributed by atoms with Crippen LogP contribution in [-0.2, 0) is 28.7 Å². The highest BCUT2D eigenvalue weighted by Crippen LogP contribution is 2.72. The van der Waals surface area contributed by atoms with E-state index in [0.29, 0.717) is 16.9 Å². The number of hydrogen-bond donors (Lipinski definition) is 0. The van der Waals surface area contributed by atoms with Gasteiger partial charge in [-0.25, -0.2) is 14.6 Å². The summed E-state index contributed by atoms with van der Waals surface area (Å²) in [6, 6.07) is 11.0. The molecule has 1 saturated carbocycles. The normalized spacial score (nSPS) is 31.7. The molecule has 5 aliphatic rings. The largest absolute Gasteiger partial charge is 0.463 e. The van der Waals surface area contributed by atoms with Crippen LogP contribution in [0.15, 0.2) is 47.5 Å². The third kappa shape index (κ3) is 3.31. The molecule has 0 aromatic heterocycles. The van der Waals surface area contributed by atoms with Gasteiger partial charge in [-0.05, 0) is 70.4 Å². The summed E-state index contributed by atoms with van der Waals surface area (Å²) >= 11 is 3.83. The molecular weight excluding hydrogens is 600 g/mol. The number of halogens is 1. The van der Waals surface area contributed by atoms with E-state index in [1.807, 2.05) is 52.0 Å². The van der Waals surface area contributed by atoms with Gasteiger partial charge in [0.2, 0.25) is 23.6 Å². The van der Waals surface area contributed by atoms with Crippen LogP contribution in [-0.4, -0.2) is 40.5 Å². The molecule has 4 amide bonds. The summed E-state index contributed by atoms with van der Waals surface area (Å²) in [4.78, 5) is 73.8. The van der Waals surface area contributed by atoms with E-state index in [9.17, 15) is 24.0 Å². The Labute approximate surface area is 253 Å². The number of alkyl halides is 1. The molecule has 0 spiro atoms. The summed E-state index contributed by atoms with van der Waals surface area (Å²) in [6.45, 7) is 12.7. The van der Waals surface area contributed by atoms with Gasteiger partial charge in [-0.2, -0.15) is 0 Å². The number of carbonyl (C=O) groups excluding carboxylic acids is 5. The quantitative estimate of drug-likeness (QED) is 0.271. The lowest BCUT2D eigenvalue weighted by Crippen LogP contribution is -2.67. The van der Waals surface area contributed by atoms with Gasteiger partial charge in [0, 0.05) is 11.0 Å². The number of ether oxygens (including phenoxy) is 1. The molecule has 42 heavy (non-hydrogen) atoms. The maximum atomic E-state index is 14.5. The molecule has 0 radical (unpaired) electrons. The Balaban J connectivity index is 1.60. The number of carbonyl (C=O) groups is 5. The minimum Gasteiger partial charge on any atom is -0.463 e. The molecule has 6 atom stereocenters. The van der Waals surface area contributed by atoms with E-state index in [1.54, 1.807) is 32.9 Å². The fourth-order valence-electron chi connectivity index (χ4n) is 8.32. The number of rotatable bonds is 4. The zero-order valence-electron chi connectivity index (χ0n) is 24.7. The molecule has 9 heteroatoms. The van der Waals surface area contributed by atoms with Gasteiger partial charge in [0.15, 0.2) is 0 Å². The molecule has 2 aliphatic heterocycles. The van der Waals surface area contributed by atoms with E-state index in [2.05, 4.69) is 15.9 Å². The van der Waals surface area contributed by atoms with Gasteiger partial charge in [-0.15, -0.1) is 0 Å². The second kappa shape index (κ2) is 9.20. The summed E-state index contributed by atoms with van der Waals surface area (Å²) in [6.07, 6.45) is 0. The maximum Gasteiger partial charge on any atom is 0.334 e. The second-order valence-corrected chi connectivity index (χ2v) is 13.6. The predicted molar refractivity (Wildman–Crippen MR) is 160 cm³/mol. The highest BCUT2D eigenvalue weighted by molar-refractivity contribution is 9.10. The smallest absolute Gasteiger partial charge is 0.334 e. The molecule has 2 heterocycles. The van der Waals surface area contributed by atoms with Gasteiger partial charge in [0.05, 0.1) is 46.0 Å². The van der Waals surface area contributed by atoms with E-state index in [-0.39, 0.29) is 12.2 Å². The Morgan fingerprint density at radius 1 is 0.762 bits per heavy atom. The molecule has 3 fully saturated rings. The first-order chi connectivity index (χ1) is 19.7. The van der Waals surface area contributed by atoms with E-state index >= 15 is 0 Å². The molecule has 7 rings (SSSR count). The maximum absolute atomic E-state index is 14.5. The monoisotopic (exact) mass is 632 g/mol.